The lowest BCUT2D eigenvalue weighted by Gasteiger charge is -2.47. The fraction of sp³-hybridized carbons (Fsp3) is 0.750. The van der Waals surface area contributed by atoms with Crippen molar-refractivity contribution >= 4 is 18.5 Å². The van der Waals surface area contributed by atoms with E-state index < -0.39 is 0 Å². The van der Waals surface area contributed by atoms with Crippen LogP contribution in [0.25, 0.3) is 0 Å². The molecule has 0 spiro atoms. The number of hydrogen-bond donors (Lipinski definition) is 0. The Morgan fingerprint density at radius 3 is 2.30 bits per heavy atom. The van der Waals surface area contributed by atoms with Gasteiger partial charge in [-0.2, -0.15) is 0 Å². The highest BCUT2D eigenvalue weighted by Gasteiger charge is 2.45. The van der Waals surface area contributed by atoms with Gasteiger partial charge in [0.05, 0.1) is 11.7 Å². The van der Waals surface area contributed by atoms with Gasteiger partial charge in [0.15, 0.2) is 0 Å². The lowest BCUT2D eigenvalue weighted by atomic mass is 9.33. The Labute approximate surface area is 123 Å². The van der Waals surface area contributed by atoms with Crippen molar-refractivity contribution in [3.8, 4) is 0 Å². The molecule has 0 saturated carbocycles. The first-order valence-corrected chi connectivity index (χ1v) is 8.31. The number of amidine groups is 2. The fourth-order valence-electron chi connectivity index (χ4n) is 4.51. The molecule has 4 heteroatoms. The minimum Gasteiger partial charge on any atom is -0.363 e. The third-order valence-electron chi connectivity index (χ3n) is 5.21. The van der Waals surface area contributed by atoms with Crippen LogP contribution in [0, 0.1) is 0 Å². The lowest BCUT2D eigenvalue weighted by Crippen LogP contribution is -2.55. The average molecular weight is 271 g/mol. The molecule has 0 N–H and O–H groups in total. The van der Waals surface area contributed by atoms with Crippen LogP contribution in [-0.4, -0.2) is 23.3 Å². The van der Waals surface area contributed by atoms with Gasteiger partial charge in [0, 0.05) is 6.42 Å². The van der Waals surface area contributed by atoms with Crippen LogP contribution in [0.3, 0.4) is 0 Å². The smallest absolute Gasteiger partial charge is 0.269 e. The first kappa shape index (κ1) is 13.9. The van der Waals surface area contributed by atoms with Gasteiger partial charge in [-0.1, -0.05) is 52.0 Å². The summed E-state index contributed by atoms with van der Waals surface area (Å²) in [6, 6.07) is 0. The Morgan fingerprint density at radius 1 is 1.15 bits per heavy atom. The molecule has 2 fully saturated rings. The zero-order valence-electron chi connectivity index (χ0n) is 12.9. The van der Waals surface area contributed by atoms with Crippen LogP contribution in [0.2, 0.25) is 11.6 Å². The van der Waals surface area contributed by atoms with E-state index in [1.165, 1.54) is 44.4 Å². The molecule has 20 heavy (non-hydrogen) atoms. The third-order valence-corrected chi connectivity index (χ3v) is 5.21. The molecule has 0 aromatic heterocycles. The summed E-state index contributed by atoms with van der Waals surface area (Å²) in [5.74, 6) is 4.72. The molecule has 3 aliphatic heterocycles. The summed E-state index contributed by atoms with van der Waals surface area (Å²) >= 11 is 0. The molecule has 2 bridgehead atoms. The maximum absolute atomic E-state index is 4.67. The van der Waals surface area contributed by atoms with Gasteiger partial charge in [-0.15, -0.1) is 0 Å². The predicted molar refractivity (Wildman–Crippen MR) is 87.4 cm³/mol. The van der Waals surface area contributed by atoms with Gasteiger partial charge in [0.25, 0.3) is 6.85 Å². The van der Waals surface area contributed by atoms with Gasteiger partial charge in [-0.3, -0.25) is 0 Å². The van der Waals surface area contributed by atoms with Crippen molar-refractivity contribution in [3.05, 3.63) is 12.4 Å². The van der Waals surface area contributed by atoms with Crippen molar-refractivity contribution in [3.63, 3.8) is 0 Å². The van der Waals surface area contributed by atoms with E-state index >= 15 is 0 Å². The second-order valence-corrected chi connectivity index (χ2v) is 6.60. The monoisotopic (exact) mass is 271 g/mol. The molecule has 0 unspecified atom stereocenters. The molecular weight excluding hydrogens is 245 g/mol. The summed E-state index contributed by atoms with van der Waals surface area (Å²) in [6.45, 7) is 8.97. The van der Waals surface area contributed by atoms with Crippen LogP contribution in [0.5, 0.6) is 0 Å². The standard InChI is InChI=1S/C16H26BN3/c1-4-7-16-19-12(2)18-13(3)20(16)17-14-8-5-9-15(17)11-6-10-14/h14-15H,2,4-11H2,1,3H3. The van der Waals surface area contributed by atoms with Gasteiger partial charge in [-0.05, 0) is 25.0 Å². The van der Waals surface area contributed by atoms with Gasteiger partial charge in [-0.25, -0.2) is 9.98 Å². The molecule has 0 radical (unpaired) electrons. The second kappa shape index (κ2) is 5.75. The predicted octanol–water partition coefficient (Wildman–Crippen LogP) is 4.49. The van der Waals surface area contributed by atoms with E-state index in [1.54, 1.807) is 0 Å². The zero-order valence-corrected chi connectivity index (χ0v) is 12.9. The average Bonchev–Trinajstić information content (AvgIpc) is 2.37. The second-order valence-electron chi connectivity index (χ2n) is 6.60. The van der Waals surface area contributed by atoms with E-state index in [2.05, 4.69) is 35.2 Å². The first-order chi connectivity index (χ1) is 9.70. The van der Waals surface area contributed by atoms with Crippen molar-refractivity contribution in [2.45, 2.75) is 76.8 Å². The van der Waals surface area contributed by atoms with Crippen LogP contribution in [0.15, 0.2) is 22.4 Å². The van der Waals surface area contributed by atoms with Crippen LogP contribution < -0.4 is 0 Å². The Balaban J connectivity index is 1.91. The van der Waals surface area contributed by atoms with Gasteiger partial charge >= 0.3 is 0 Å². The molecule has 3 aliphatic rings. The highest BCUT2D eigenvalue weighted by molar-refractivity contribution is 6.65. The van der Waals surface area contributed by atoms with Gasteiger partial charge < -0.3 is 4.81 Å². The molecular formula is C16H26BN3. The van der Waals surface area contributed by atoms with Crippen LogP contribution in [0.4, 0.5) is 0 Å². The number of rotatable bonds is 3. The van der Waals surface area contributed by atoms with Crippen molar-refractivity contribution in [1.82, 2.24) is 4.81 Å². The molecule has 0 aliphatic carbocycles. The third kappa shape index (κ3) is 2.45. The molecule has 108 valence electrons. The van der Waals surface area contributed by atoms with E-state index in [9.17, 15) is 0 Å². The molecule has 0 aromatic carbocycles. The first-order valence-electron chi connectivity index (χ1n) is 8.31. The number of hydrogen-bond acceptors (Lipinski definition) is 3. The van der Waals surface area contributed by atoms with Gasteiger partial charge in [0.2, 0.25) is 0 Å². The van der Waals surface area contributed by atoms with Crippen LogP contribution >= 0.6 is 0 Å². The molecule has 0 amide bonds. The van der Waals surface area contributed by atoms with Gasteiger partial charge in [0.1, 0.15) is 5.82 Å². The highest BCUT2D eigenvalue weighted by atomic mass is 15.3. The SMILES string of the molecule is C=C1N=C(C)N(B2C3CCCC2CCC3)C(CCC)=N1. The van der Waals surface area contributed by atoms with Crippen LogP contribution in [-0.2, 0) is 0 Å². The number of aliphatic imine (C=N–C) groups is 2. The Kier molecular flexibility index (Phi) is 4.00. The van der Waals surface area contributed by atoms with Crippen LogP contribution in [0.1, 0.15) is 65.2 Å². The summed E-state index contributed by atoms with van der Waals surface area (Å²) in [6.07, 6.45) is 10.6. The Hall–Kier alpha value is -1.06. The molecule has 3 nitrogen and oxygen atoms in total. The molecule has 0 atom stereocenters. The minimum absolute atomic E-state index is 0.652. The minimum atomic E-state index is 0.652. The van der Waals surface area contributed by atoms with Crippen molar-refractivity contribution < 1.29 is 0 Å². The maximum Gasteiger partial charge on any atom is 0.269 e. The Bertz CT molecular complexity index is 433. The fourth-order valence-corrected chi connectivity index (χ4v) is 4.51. The topological polar surface area (TPSA) is 28.0 Å². The summed E-state index contributed by atoms with van der Waals surface area (Å²) < 4.78 is 0. The van der Waals surface area contributed by atoms with Crippen molar-refractivity contribution in [1.29, 1.82) is 0 Å². The largest absolute Gasteiger partial charge is 0.363 e. The molecule has 3 rings (SSSR count). The highest BCUT2D eigenvalue weighted by Crippen LogP contribution is 2.48. The van der Waals surface area contributed by atoms with E-state index in [0.29, 0.717) is 12.7 Å². The molecule has 2 saturated heterocycles. The van der Waals surface area contributed by atoms with E-state index in [4.69, 9.17) is 0 Å². The summed E-state index contributed by atoms with van der Waals surface area (Å²) in [7, 11) is 0. The normalized spacial score (nSPS) is 30.2. The Morgan fingerprint density at radius 2 is 1.75 bits per heavy atom. The van der Waals surface area contributed by atoms with E-state index in [-0.39, 0.29) is 0 Å². The van der Waals surface area contributed by atoms with Crippen molar-refractivity contribution in [2.24, 2.45) is 9.98 Å². The van der Waals surface area contributed by atoms with E-state index in [1.807, 2.05) is 0 Å². The molecule has 3 heterocycles. The lowest BCUT2D eigenvalue weighted by molar-refractivity contribution is 0.425. The molecule has 0 aromatic rings. The van der Waals surface area contributed by atoms with Crippen molar-refractivity contribution in [2.75, 3.05) is 0 Å². The summed E-state index contributed by atoms with van der Waals surface area (Å²) in [5, 5.41) is 0. The summed E-state index contributed by atoms with van der Waals surface area (Å²) in [4.78, 5) is 11.7. The maximum atomic E-state index is 4.67. The number of nitrogens with zero attached hydrogens (tertiary/aromatic N) is 3. The quantitative estimate of drug-likeness (QED) is 0.695. The number of fused-ring (bicyclic) bond motifs is 2. The van der Waals surface area contributed by atoms with E-state index in [0.717, 1.165) is 30.3 Å². The summed E-state index contributed by atoms with van der Waals surface area (Å²) in [5.41, 5.74) is 0. The zero-order chi connectivity index (χ0) is 14.1.